The van der Waals surface area contributed by atoms with Crippen molar-refractivity contribution in [3.63, 3.8) is 0 Å². The zero-order valence-corrected chi connectivity index (χ0v) is 13.9. The number of nitriles is 1. The maximum atomic E-state index is 12.5. The first kappa shape index (κ1) is 15.7. The number of hydrogen-bond acceptors (Lipinski definition) is 5. The van der Waals surface area contributed by atoms with Crippen LogP contribution in [0.1, 0.15) is 22.2 Å². The van der Waals surface area contributed by atoms with Gasteiger partial charge in [-0.05, 0) is 18.4 Å². The minimum atomic E-state index is -3.66. The average molecular weight is 324 g/mol. The number of nitrogens with zero attached hydrogens (tertiary/aromatic N) is 4. The van der Waals surface area contributed by atoms with Crippen LogP contribution in [0.4, 0.5) is 0 Å². The lowest BCUT2D eigenvalue weighted by molar-refractivity contribution is 0.518. The topological polar surface area (TPSA) is 79.0 Å². The molecule has 6 nitrogen and oxygen atoms in total. The molecular formula is C13H16N4O2S2. The van der Waals surface area contributed by atoms with E-state index in [-0.39, 0.29) is 4.90 Å². The monoisotopic (exact) mass is 324 g/mol. The Labute approximate surface area is 128 Å². The van der Waals surface area contributed by atoms with Crippen LogP contribution in [0.15, 0.2) is 22.4 Å². The number of aromatic nitrogens is 2. The highest BCUT2D eigenvalue weighted by atomic mass is 32.2. The van der Waals surface area contributed by atoms with Crippen molar-refractivity contribution in [2.24, 2.45) is 7.05 Å². The fourth-order valence-electron chi connectivity index (χ4n) is 2.19. The second-order valence-corrected chi connectivity index (χ2v) is 7.86. The molecule has 0 aliphatic carbocycles. The van der Waals surface area contributed by atoms with Crippen molar-refractivity contribution >= 4 is 21.4 Å². The predicted octanol–water partition coefficient (Wildman–Crippen LogP) is 1.70. The van der Waals surface area contributed by atoms with Gasteiger partial charge in [-0.25, -0.2) is 12.7 Å². The Kier molecular flexibility index (Phi) is 4.18. The molecule has 112 valence electrons. The summed E-state index contributed by atoms with van der Waals surface area (Å²) in [7, 11) is 0.942. The molecule has 2 rings (SSSR count). The summed E-state index contributed by atoms with van der Waals surface area (Å²) in [4.78, 5) is 0.922. The van der Waals surface area contributed by atoms with E-state index in [0.717, 1.165) is 9.18 Å². The molecule has 0 N–H and O–H groups in total. The first-order valence-corrected chi connectivity index (χ1v) is 8.51. The molecule has 1 atom stereocenters. The van der Waals surface area contributed by atoms with Gasteiger partial charge in [-0.15, -0.1) is 11.3 Å². The highest BCUT2D eigenvalue weighted by Crippen LogP contribution is 2.34. The first-order chi connectivity index (χ1) is 9.80. The third-order valence-corrected chi connectivity index (χ3v) is 6.10. The van der Waals surface area contributed by atoms with E-state index < -0.39 is 15.9 Å². The van der Waals surface area contributed by atoms with Gasteiger partial charge in [0.15, 0.2) is 0 Å². The third kappa shape index (κ3) is 2.60. The molecule has 8 heteroatoms. The van der Waals surface area contributed by atoms with Crippen molar-refractivity contribution < 1.29 is 8.42 Å². The molecule has 0 unspecified atom stereocenters. The molecule has 0 amide bonds. The van der Waals surface area contributed by atoms with E-state index in [1.54, 1.807) is 14.0 Å². The van der Waals surface area contributed by atoms with Gasteiger partial charge in [-0.2, -0.15) is 10.4 Å². The van der Waals surface area contributed by atoms with Crippen LogP contribution in [-0.4, -0.2) is 36.6 Å². The smallest absolute Gasteiger partial charge is 0.246 e. The highest BCUT2D eigenvalue weighted by molar-refractivity contribution is 7.89. The molecule has 21 heavy (non-hydrogen) atoms. The highest BCUT2D eigenvalue weighted by Gasteiger charge is 2.33. The quantitative estimate of drug-likeness (QED) is 0.857. The van der Waals surface area contributed by atoms with Gasteiger partial charge in [0.2, 0.25) is 10.0 Å². The zero-order valence-electron chi connectivity index (χ0n) is 12.2. The SMILES string of the molecule is Cc1nn(C)c([C@H](C#N)c2cccs2)c1S(=O)(=O)N(C)C. The van der Waals surface area contributed by atoms with Crippen LogP contribution < -0.4 is 0 Å². The lowest BCUT2D eigenvalue weighted by atomic mass is 10.1. The van der Waals surface area contributed by atoms with E-state index in [9.17, 15) is 13.7 Å². The molecular weight excluding hydrogens is 308 g/mol. The van der Waals surface area contributed by atoms with Crippen LogP contribution in [0.2, 0.25) is 0 Å². The van der Waals surface area contributed by atoms with Crippen molar-refractivity contribution in [3.05, 3.63) is 33.8 Å². The summed E-state index contributed by atoms with van der Waals surface area (Å²) >= 11 is 1.42. The molecule has 2 heterocycles. The van der Waals surface area contributed by atoms with E-state index in [1.165, 1.54) is 30.1 Å². The van der Waals surface area contributed by atoms with Crippen LogP contribution in [0, 0.1) is 18.3 Å². The first-order valence-electron chi connectivity index (χ1n) is 6.19. The molecule has 2 aromatic heterocycles. The Morgan fingerprint density at radius 1 is 1.48 bits per heavy atom. The van der Waals surface area contributed by atoms with Crippen LogP contribution in [-0.2, 0) is 17.1 Å². The summed E-state index contributed by atoms with van der Waals surface area (Å²) in [5.74, 6) is -0.652. The summed E-state index contributed by atoms with van der Waals surface area (Å²) in [6, 6.07) is 5.86. The molecule has 0 spiro atoms. The molecule has 0 radical (unpaired) electrons. The van der Waals surface area contributed by atoms with Crippen LogP contribution in [0.25, 0.3) is 0 Å². The van der Waals surface area contributed by atoms with Crippen molar-refractivity contribution in [2.75, 3.05) is 14.1 Å². The molecule has 0 fully saturated rings. The van der Waals surface area contributed by atoms with Gasteiger partial charge in [0.25, 0.3) is 0 Å². The number of thiophene rings is 1. The minimum Gasteiger partial charge on any atom is -0.269 e. The minimum absolute atomic E-state index is 0.120. The van der Waals surface area contributed by atoms with E-state index in [1.807, 2.05) is 17.5 Å². The van der Waals surface area contributed by atoms with Crippen molar-refractivity contribution in [1.29, 1.82) is 5.26 Å². The lowest BCUT2D eigenvalue weighted by Crippen LogP contribution is -2.24. The zero-order chi connectivity index (χ0) is 15.8. The van der Waals surface area contributed by atoms with Crippen molar-refractivity contribution in [2.45, 2.75) is 17.7 Å². The molecule has 0 aromatic carbocycles. The van der Waals surface area contributed by atoms with Gasteiger partial charge in [-0.1, -0.05) is 6.07 Å². The van der Waals surface area contributed by atoms with Crippen LogP contribution >= 0.6 is 11.3 Å². The predicted molar refractivity (Wildman–Crippen MR) is 80.6 cm³/mol. The van der Waals surface area contributed by atoms with Gasteiger partial charge in [0.1, 0.15) is 10.8 Å². The number of rotatable bonds is 4. The fraction of sp³-hybridized carbons (Fsp3) is 0.385. The van der Waals surface area contributed by atoms with Gasteiger partial charge in [-0.3, -0.25) is 4.68 Å². The Hall–Kier alpha value is -1.69. The Morgan fingerprint density at radius 2 is 2.14 bits per heavy atom. The second-order valence-electron chi connectivity index (χ2n) is 4.79. The number of sulfonamides is 1. The van der Waals surface area contributed by atoms with E-state index in [0.29, 0.717) is 11.4 Å². The van der Waals surface area contributed by atoms with E-state index in [2.05, 4.69) is 11.2 Å². The molecule has 0 aliphatic heterocycles. The van der Waals surface area contributed by atoms with E-state index >= 15 is 0 Å². The maximum Gasteiger partial charge on any atom is 0.246 e. The summed E-state index contributed by atoms with van der Waals surface area (Å²) in [5, 5.41) is 15.6. The Morgan fingerprint density at radius 3 is 2.62 bits per heavy atom. The third-order valence-electron chi connectivity index (χ3n) is 3.18. The van der Waals surface area contributed by atoms with Crippen LogP contribution in [0.3, 0.4) is 0 Å². The standard InChI is InChI=1S/C13H16N4O2S2/c1-9-13(21(18,19)16(2)3)12(17(4)15-9)10(8-14)11-6-5-7-20-11/h5-7,10H,1-4H3/t10-/m1/s1. The molecule has 0 bridgehead atoms. The summed E-state index contributed by atoms with van der Waals surface area (Å²) in [5.41, 5.74) is 0.809. The van der Waals surface area contributed by atoms with Gasteiger partial charge in [0, 0.05) is 26.0 Å². The summed E-state index contributed by atoms with van der Waals surface area (Å²) in [6.07, 6.45) is 0. The molecule has 0 saturated carbocycles. The second kappa shape index (κ2) is 5.60. The fourth-order valence-corrected chi connectivity index (χ4v) is 4.26. The molecule has 0 aliphatic rings. The molecule has 2 aromatic rings. The van der Waals surface area contributed by atoms with Crippen molar-refractivity contribution in [1.82, 2.24) is 14.1 Å². The lowest BCUT2D eigenvalue weighted by Gasteiger charge is -2.15. The Bertz CT molecular complexity index is 783. The van der Waals surface area contributed by atoms with Crippen LogP contribution in [0.5, 0.6) is 0 Å². The van der Waals surface area contributed by atoms with E-state index in [4.69, 9.17) is 0 Å². The van der Waals surface area contributed by atoms with Gasteiger partial charge < -0.3 is 0 Å². The molecule has 0 saturated heterocycles. The van der Waals surface area contributed by atoms with Gasteiger partial charge in [0.05, 0.1) is 17.5 Å². The van der Waals surface area contributed by atoms with Gasteiger partial charge >= 0.3 is 0 Å². The number of aryl methyl sites for hydroxylation is 2. The number of hydrogen-bond donors (Lipinski definition) is 0. The largest absolute Gasteiger partial charge is 0.269 e. The summed E-state index contributed by atoms with van der Waals surface area (Å²) < 4.78 is 27.7. The maximum absolute atomic E-state index is 12.5. The summed E-state index contributed by atoms with van der Waals surface area (Å²) in [6.45, 7) is 1.64. The Balaban J connectivity index is 2.74. The van der Waals surface area contributed by atoms with Crippen molar-refractivity contribution in [3.8, 4) is 6.07 Å². The average Bonchev–Trinajstić information content (AvgIpc) is 3.00. The normalized spacial score (nSPS) is 13.3.